The van der Waals surface area contributed by atoms with Crippen molar-refractivity contribution in [1.29, 1.82) is 0 Å². The number of carbonyl (C=O) groups is 1. The number of anilines is 2. The minimum atomic E-state index is -4.50. The summed E-state index contributed by atoms with van der Waals surface area (Å²) >= 11 is 0. The first-order valence-corrected chi connectivity index (χ1v) is 10.6. The average Bonchev–Trinajstić information content (AvgIpc) is 2.79. The van der Waals surface area contributed by atoms with Crippen LogP contribution in [0.1, 0.15) is 42.6 Å². The van der Waals surface area contributed by atoms with Crippen molar-refractivity contribution in [3.05, 3.63) is 78.0 Å². The third kappa shape index (κ3) is 5.66. The van der Waals surface area contributed by atoms with Crippen LogP contribution in [-0.4, -0.2) is 24.0 Å². The van der Waals surface area contributed by atoms with E-state index in [1.54, 1.807) is 0 Å². The molecule has 0 aliphatic carbocycles. The van der Waals surface area contributed by atoms with Gasteiger partial charge in [0.2, 0.25) is 0 Å². The second kappa shape index (κ2) is 10.3. The molecule has 0 fully saturated rings. The van der Waals surface area contributed by atoms with E-state index in [4.69, 9.17) is 0 Å². The van der Waals surface area contributed by atoms with Crippen LogP contribution in [0.5, 0.6) is 0 Å². The number of carbonyl (C=O) groups excluding carboxylic acids is 1. The number of alkyl halides is 3. The second-order valence-electron chi connectivity index (χ2n) is 7.46. The van der Waals surface area contributed by atoms with Crippen LogP contribution in [0.2, 0.25) is 0 Å². The van der Waals surface area contributed by atoms with Gasteiger partial charge < -0.3 is 10.2 Å². The molecule has 0 saturated carbocycles. The molecule has 0 aliphatic rings. The van der Waals surface area contributed by atoms with Crippen LogP contribution in [0.4, 0.5) is 24.5 Å². The van der Waals surface area contributed by atoms with Crippen LogP contribution < -0.4 is 10.2 Å². The van der Waals surface area contributed by atoms with Gasteiger partial charge in [-0.15, -0.1) is 0 Å². The smallest absolute Gasteiger partial charge is 0.372 e. The molecular weight excluding hydrogens is 415 g/mol. The van der Waals surface area contributed by atoms with Gasteiger partial charge in [0.1, 0.15) is 0 Å². The number of rotatable bonds is 8. The van der Waals surface area contributed by atoms with Crippen LogP contribution in [0.3, 0.4) is 0 Å². The first-order valence-electron chi connectivity index (χ1n) is 10.6. The van der Waals surface area contributed by atoms with Gasteiger partial charge >= 0.3 is 6.18 Å². The van der Waals surface area contributed by atoms with E-state index in [0.717, 1.165) is 37.7 Å². The van der Waals surface area contributed by atoms with Crippen molar-refractivity contribution in [3.8, 4) is 11.3 Å². The minimum absolute atomic E-state index is 0.161. The topological polar surface area (TPSA) is 45.2 Å². The van der Waals surface area contributed by atoms with E-state index in [-0.39, 0.29) is 11.6 Å². The fourth-order valence-electron chi connectivity index (χ4n) is 3.51. The zero-order valence-electron chi connectivity index (χ0n) is 18.1. The normalized spacial score (nSPS) is 11.3. The van der Waals surface area contributed by atoms with Gasteiger partial charge in [-0.3, -0.25) is 9.78 Å². The Morgan fingerprint density at radius 1 is 0.938 bits per heavy atom. The summed E-state index contributed by atoms with van der Waals surface area (Å²) in [5.74, 6) is -0.333. The van der Waals surface area contributed by atoms with Crippen molar-refractivity contribution in [1.82, 2.24) is 4.98 Å². The van der Waals surface area contributed by atoms with Crippen molar-refractivity contribution in [2.75, 3.05) is 23.3 Å². The van der Waals surface area contributed by atoms with Crippen molar-refractivity contribution in [3.63, 3.8) is 0 Å². The van der Waals surface area contributed by atoms with Crippen LogP contribution in [-0.2, 0) is 6.18 Å². The summed E-state index contributed by atoms with van der Waals surface area (Å²) in [6.45, 7) is 6.22. The van der Waals surface area contributed by atoms with Gasteiger partial charge in [-0.2, -0.15) is 13.2 Å². The zero-order valence-corrected chi connectivity index (χ0v) is 18.1. The number of benzene rings is 2. The number of aromatic nitrogens is 1. The molecule has 0 radical (unpaired) electrons. The molecule has 32 heavy (non-hydrogen) atoms. The fourth-order valence-corrected chi connectivity index (χ4v) is 3.51. The quantitative estimate of drug-likeness (QED) is 0.426. The van der Waals surface area contributed by atoms with Gasteiger partial charge in [-0.1, -0.05) is 26.0 Å². The van der Waals surface area contributed by atoms with Gasteiger partial charge in [-0.25, -0.2) is 0 Å². The summed E-state index contributed by atoms with van der Waals surface area (Å²) in [6, 6.07) is 15.8. The maximum atomic E-state index is 13.2. The molecular formula is C25H26F3N3O. The van der Waals surface area contributed by atoms with Crippen LogP contribution >= 0.6 is 0 Å². The lowest BCUT2D eigenvalue weighted by Gasteiger charge is -2.24. The monoisotopic (exact) mass is 441 g/mol. The molecule has 7 heteroatoms. The lowest BCUT2D eigenvalue weighted by atomic mass is 10.0. The number of amides is 1. The van der Waals surface area contributed by atoms with Gasteiger partial charge in [-0.05, 0) is 61.4 Å². The third-order valence-corrected chi connectivity index (χ3v) is 5.01. The Kier molecular flexibility index (Phi) is 7.51. The van der Waals surface area contributed by atoms with Crippen molar-refractivity contribution < 1.29 is 18.0 Å². The molecule has 3 rings (SSSR count). The maximum Gasteiger partial charge on any atom is 0.418 e. The lowest BCUT2D eigenvalue weighted by molar-refractivity contribution is -0.137. The highest BCUT2D eigenvalue weighted by molar-refractivity contribution is 6.04. The molecule has 1 N–H and O–H groups in total. The average molecular weight is 441 g/mol. The Balaban J connectivity index is 1.72. The summed E-state index contributed by atoms with van der Waals surface area (Å²) in [5.41, 5.74) is 1.43. The molecule has 0 unspecified atom stereocenters. The van der Waals surface area contributed by atoms with Gasteiger partial charge in [0.05, 0.1) is 11.3 Å². The van der Waals surface area contributed by atoms with Gasteiger partial charge in [0.15, 0.2) is 0 Å². The van der Waals surface area contributed by atoms with E-state index in [1.807, 2.05) is 24.3 Å². The van der Waals surface area contributed by atoms with Crippen LogP contribution in [0.15, 0.2) is 66.9 Å². The molecule has 1 aromatic heterocycles. The van der Waals surface area contributed by atoms with Crippen molar-refractivity contribution >= 4 is 17.3 Å². The molecule has 168 valence electrons. The molecule has 0 saturated heterocycles. The Labute approximate surface area is 186 Å². The van der Waals surface area contributed by atoms with Crippen LogP contribution in [0, 0.1) is 0 Å². The summed E-state index contributed by atoms with van der Waals surface area (Å²) in [6.07, 6.45) is -1.08. The minimum Gasteiger partial charge on any atom is -0.372 e. The summed E-state index contributed by atoms with van der Waals surface area (Å²) in [7, 11) is 0. The molecule has 2 aromatic carbocycles. The molecule has 1 heterocycles. The SMILES string of the molecule is CCCN(CCC)c1ccc(NC(=O)c2ccc(-c3ncccc3C(F)(F)F)cc2)cc1. The Morgan fingerprint density at radius 3 is 2.12 bits per heavy atom. The van der Waals surface area contributed by atoms with Gasteiger partial charge in [0.25, 0.3) is 5.91 Å². The number of halogens is 3. The molecule has 0 aliphatic heterocycles. The summed E-state index contributed by atoms with van der Waals surface area (Å²) in [5, 5.41) is 2.83. The van der Waals surface area contributed by atoms with Crippen molar-refractivity contribution in [2.24, 2.45) is 0 Å². The van der Waals surface area contributed by atoms with E-state index in [0.29, 0.717) is 16.8 Å². The van der Waals surface area contributed by atoms with E-state index in [1.165, 1.54) is 36.5 Å². The van der Waals surface area contributed by atoms with E-state index < -0.39 is 11.7 Å². The standard InChI is InChI=1S/C25H26F3N3O/c1-3-16-31(17-4-2)21-13-11-20(12-14-21)30-24(32)19-9-7-18(8-10-19)23-22(25(26,27)28)6-5-15-29-23/h5-15H,3-4,16-17H2,1-2H3,(H,30,32). The van der Waals surface area contributed by atoms with Gasteiger partial charge in [0, 0.05) is 41.8 Å². The molecule has 1 amide bonds. The maximum absolute atomic E-state index is 13.2. The highest BCUT2D eigenvalue weighted by Gasteiger charge is 2.34. The highest BCUT2D eigenvalue weighted by Crippen LogP contribution is 2.35. The highest BCUT2D eigenvalue weighted by atomic mass is 19.4. The second-order valence-corrected chi connectivity index (χ2v) is 7.46. The molecule has 0 atom stereocenters. The summed E-state index contributed by atoms with van der Waals surface area (Å²) < 4.78 is 39.7. The number of nitrogens with zero attached hydrogens (tertiary/aromatic N) is 2. The number of pyridine rings is 1. The lowest BCUT2D eigenvalue weighted by Crippen LogP contribution is -2.24. The van der Waals surface area contributed by atoms with E-state index in [9.17, 15) is 18.0 Å². The van der Waals surface area contributed by atoms with E-state index in [2.05, 4.69) is 29.0 Å². The van der Waals surface area contributed by atoms with E-state index >= 15 is 0 Å². The molecule has 0 spiro atoms. The predicted molar refractivity (Wildman–Crippen MR) is 122 cm³/mol. The molecule has 4 nitrogen and oxygen atoms in total. The Hall–Kier alpha value is -3.35. The predicted octanol–water partition coefficient (Wildman–Crippen LogP) is 6.65. The number of hydrogen-bond donors (Lipinski definition) is 1. The zero-order chi connectivity index (χ0) is 23.1. The number of nitrogens with one attached hydrogen (secondary N) is 1. The van der Waals surface area contributed by atoms with Crippen molar-refractivity contribution in [2.45, 2.75) is 32.9 Å². The molecule has 3 aromatic rings. The largest absolute Gasteiger partial charge is 0.418 e. The Morgan fingerprint density at radius 2 is 1.56 bits per heavy atom. The first-order chi connectivity index (χ1) is 15.3. The summed E-state index contributed by atoms with van der Waals surface area (Å²) in [4.78, 5) is 18.8. The third-order valence-electron chi connectivity index (χ3n) is 5.01. The first kappa shape index (κ1) is 23.3. The number of hydrogen-bond acceptors (Lipinski definition) is 3. The molecule has 0 bridgehead atoms. The Bertz CT molecular complexity index is 1030. The fraction of sp³-hybridized carbons (Fsp3) is 0.280. The van der Waals surface area contributed by atoms with Crippen LogP contribution in [0.25, 0.3) is 11.3 Å².